The molecule has 6 nitrogen and oxygen atoms in total. The predicted octanol–water partition coefficient (Wildman–Crippen LogP) is 2.81. The highest BCUT2D eigenvalue weighted by molar-refractivity contribution is 5.94. The number of carboxylic acid groups (broad SMARTS) is 1. The SMILES string of the molecule is CC(=O)c1ccc(OCCCC(=O)NC2CCC(C(=O)O)CC2)cc1. The summed E-state index contributed by atoms with van der Waals surface area (Å²) in [7, 11) is 0. The first-order valence-corrected chi connectivity index (χ1v) is 8.71. The summed E-state index contributed by atoms with van der Waals surface area (Å²) in [6.45, 7) is 1.95. The van der Waals surface area contributed by atoms with Crippen LogP contribution in [-0.2, 0) is 9.59 Å². The van der Waals surface area contributed by atoms with E-state index < -0.39 is 5.97 Å². The second kappa shape index (κ2) is 9.20. The van der Waals surface area contributed by atoms with Crippen LogP contribution in [-0.4, -0.2) is 35.4 Å². The minimum atomic E-state index is -0.738. The summed E-state index contributed by atoms with van der Waals surface area (Å²) in [5.74, 6) is -0.332. The average Bonchev–Trinajstić information content (AvgIpc) is 2.59. The number of carboxylic acids is 1. The largest absolute Gasteiger partial charge is 0.494 e. The second-order valence-corrected chi connectivity index (χ2v) is 6.49. The van der Waals surface area contributed by atoms with E-state index in [1.165, 1.54) is 6.92 Å². The van der Waals surface area contributed by atoms with Crippen LogP contribution in [0.15, 0.2) is 24.3 Å². The summed E-state index contributed by atoms with van der Waals surface area (Å²) >= 11 is 0. The van der Waals surface area contributed by atoms with E-state index in [1.54, 1.807) is 24.3 Å². The Morgan fingerprint density at radius 3 is 2.32 bits per heavy atom. The molecule has 0 bridgehead atoms. The van der Waals surface area contributed by atoms with Crippen LogP contribution < -0.4 is 10.1 Å². The summed E-state index contributed by atoms with van der Waals surface area (Å²) in [4.78, 5) is 34.0. The quantitative estimate of drug-likeness (QED) is 0.557. The number of ether oxygens (including phenoxy) is 1. The molecule has 0 aliphatic heterocycles. The molecular weight excluding hydrogens is 322 g/mol. The molecule has 1 aliphatic rings. The summed E-state index contributed by atoms with van der Waals surface area (Å²) in [5, 5.41) is 11.9. The highest BCUT2D eigenvalue weighted by atomic mass is 16.5. The molecule has 1 saturated carbocycles. The van der Waals surface area contributed by atoms with Gasteiger partial charge in [0.05, 0.1) is 12.5 Å². The van der Waals surface area contributed by atoms with Crippen LogP contribution in [0, 0.1) is 5.92 Å². The van der Waals surface area contributed by atoms with Crippen molar-refractivity contribution in [2.75, 3.05) is 6.61 Å². The summed E-state index contributed by atoms with van der Waals surface area (Å²) in [5.41, 5.74) is 0.643. The molecule has 6 heteroatoms. The van der Waals surface area contributed by atoms with Gasteiger partial charge in [-0.15, -0.1) is 0 Å². The van der Waals surface area contributed by atoms with Crippen LogP contribution in [0.3, 0.4) is 0 Å². The Labute approximate surface area is 147 Å². The van der Waals surface area contributed by atoms with Crippen LogP contribution in [0.1, 0.15) is 55.8 Å². The first-order chi connectivity index (χ1) is 12.0. The third-order valence-electron chi connectivity index (χ3n) is 4.52. The molecule has 1 aromatic rings. The minimum absolute atomic E-state index is 0.0145. The van der Waals surface area contributed by atoms with Gasteiger partial charge in [-0.2, -0.15) is 0 Å². The van der Waals surface area contributed by atoms with Crippen molar-refractivity contribution in [2.24, 2.45) is 5.92 Å². The number of carbonyl (C=O) groups excluding carboxylic acids is 2. The normalized spacial score (nSPS) is 19.9. The number of carbonyl (C=O) groups is 3. The Morgan fingerprint density at radius 1 is 1.12 bits per heavy atom. The molecule has 0 spiro atoms. The maximum Gasteiger partial charge on any atom is 0.306 e. The lowest BCUT2D eigenvalue weighted by Gasteiger charge is -2.26. The minimum Gasteiger partial charge on any atom is -0.494 e. The van der Waals surface area contributed by atoms with E-state index in [9.17, 15) is 14.4 Å². The molecule has 0 saturated heterocycles. The Morgan fingerprint density at radius 2 is 1.76 bits per heavy atom. The Bertz CT molecular complexity index is 603. The van der Waals surface area contributed by atoms with Crippen molar-refractivity contribution in [2.45, 2.75) is 51.5 Å². The first-order valence-electron chi connectivity index (χ1n) is 8.71. The fourth-order valence-corrected chi connectivity index (χ4v) is 2.99. The Kier molecular flexibility index (Phi) is 6.98. The number of Topliss-reactive ketones (excluding diaryl/α,β-unsaturated/α-hetero) is 1. The molecule has 1 amide bonds. The number of ketones is 1. The number of amides is 1. The molecule has 0 unspecified atom stereocenters. The van der Waals surface area contributed by atoms with Crippen molar-refractivity contribution in [1.29, 1.82) is 0 Å². The lowest BCUT2D eigenvalue weighted by atomic mass is 9.86. The van der Waals surface area contributed by atoms with Gasteiger partial charge < -0.3 is 15.2 Å². The lowest BCUT2D eigenvalue weighted by Crippen LogP contribution is -2.38. The van der Waals surface area contributed by atoms with E-state index >= 15 is 0 Å². The molecule has 1 aromatic carbocycles. The van der Waals surface area contributed by atoms with Gasteiger partial charge in [-0.3, -0.25) is 14.4 Å². The van der Waals surface area contributed by atoms with Crippen molar-refractivity contribution >= 4 is 17.7 Å². The Balaban J connectivity index is 1.61. The van der Waals surface area contributed by atoms with Gasteiger partial charge >= 0.3 is 5.97 Å². The van der Waals surface area contributed by atoms with Crippen molar-refractivity contribution in [3.05, 3.63) is 29.8 Å². The van der Waals surface area contributed by atoms with Crippen molar-refractivity contribution < 1.29 is 24.2 Å². The molecular formula is C19H25NO5. The van der Waals surface area contributed by atoms with E-state index in [0.29, 0.717) is 43.6 Å². The number of benzene rings is 1. The molecule has 136 valence electrons. The molecule has 2 rings (SSSR count). The Hall–Kier alpha value is -2.37. The van der Waals surface area contributed by atoms with Gasteiger partial charge in [-0.05, 0) is 63.3 Å². The van der Waals surface area contributed by atoms with Gasteiger partial charge in [-0.1, -0.05) is 0 Å². The summed E-state index contributed by atoms with van der Waals surface area (Å²) in [6, 6.07) is 7.02. The number of aliphatic carboxylic acids is 1. The molecule has 1 aliphatic carbocycles. The first kappa shape index (κ1) is 19.0. The third kappa shape index (κ3) is 6.21. The number of hydrogen-bond donors (Lipinski definition) is 2. The van der Waals surface area contributed by atoms with Crippen molar-refractivity contribution in [3.63, 3.8) is 0 Å². The third-order valence-corrected chi connectivity index (χ3v) is 4.52. The van der Waals surface area contributed by atoms with Gasteiger partial charge in [0.15, 0.2) is 5.78 Å². The molecule has 1 fully saturated rings. The zero-order valence-electron chi connectivity index (χ0n) is 14.5. The van der Waals surface area contributed by atoms with E-state index in [2.05, 4.69) is 5.32 Å². The average molecular weight is 347 g/mol. The van der Waals surface area contributed by atoms with Crippen LogP contribution in [0.4, 0.5) is 0 Å². The van der Waals surface area contributed by atoms with E-state index in [1.807, 2.05) is 0 Å². The fourth-order valence-electron chi connectivity index (χ4n) is 2.99. The standard InChI is InChI=1S/C19H25NO5/c1-13(21)14-6-10-17(11-7-14)25-12-2-3-18(22)20-16-8-4-15(5-9-16)19(23)24/h6-7,10-11,15-16H,2-5,8-9,12H2,1H3,(H,20,22)(H,23,24). The predicted molar refractivity (Wildman–Crippen MR) is 92.7 cm³/mol. The topological polar surface area (TPSA) is 92.7 Å². The van der Waals surface area contributed by atoms with Crippen LogP contribution in [0.25, 0.3) is 0 Å². The smallest absolute Gasteiger partial charge is 0.306 e. The highest BCUT2D eigenvalue weighted by Gasteiger charge is 2.26. The van der Waals surface area contributed by atoms with E-state index in [-0.39, 0.29) is 23.7 Å². The van der Waals surface area contributed by atoms with Crippen LogP contribution in [0.2, 0.25) is 0 Å². The molecule has 2 N–H and O–H groups in total. The number of nitrogens with one attached hydrogen (secondary N) is 1. The zero-order chi connectivity index (χ0) is 18.2. The second-order valence-electron chi connectivity index (χ2n) is 6.49. The molecule has 0 aromatic heterocycles. The van der Waals surface area contributed by atoms with Crippen LogP contribution >= 0.6 is 0 Å². The van der Waals surface area contributed by atoms with Crippen molar-refractivity contribution in [3.8, 4) is 5.75 Å². The maximum absolute atomic E-state index is 11.9. The zero-order valence-corrected chi connectivity index (χ0v) is 14.5. The van der Waals surface area contributed by atoms with Crippen molar-refractivity contribution in [1.82, 2.24) is 5.32 Å². The van der Waals surface area contributed by atoms with E-state index in [4.69, 9.17) is 9.84 Å². The molecule has 0 atom stereocenters. The molecule has 0 radical (unpaired) electrons. The van der Waals surface area contributed by atoms with Gasteiger partial charge in [-0.25, -0.2) is 0 Å². The fraction of sp³-hybridized carbons (Fsp3) is 0.526. The molecule has 0 heterocycles. The molecule has 25 heavy (non-hydrogen) atoms. The highest BCUT2D eigenvalue weighted by Crippen LogP contribution is 2.24. The van der Waals surface area contributed by atoms with Gasteiger partial charge in [0, 0.05) is 18.0 Å². The maximum atomic E-state index is 11.9. The monoisotopic (exact) mass is 347 g/mol. The van der Waals surface area contributed by atoms with Gasteiger partial charge in [0.25, 0.3) is 0 Å². The summed E-state index contributed by atoms with van der Waals surface area (Å²) in [6.07, 6.45) is 3.68. The number of hydrogen-bond acceptors (Lipinski definition) is 4. The number of rotatable bonds is 8. The van der Waals surface area contributed by atoms with Gasteiger partial charge in [0.1, 0.15) is 5.75 Å². The summed E-state index contributed by atoms with van der Waals surface area (Å²) < 4.78 is 5.56. The van der Waals surface area contributed by atoms with Gasteiger partial charge in [0.2, 0.25) is 5.91 Å². The lowest BCUT2D eigenvalue weighted by molar-refractivity contribution is -0.142. The van der Waals surface area contributed by atoms with Crippen LogP contribution in [0.5, 0.6) is 5.75 Å². The van der Waals surface area contributed by atoms with E-state index in [0.717, 1.165) is 12.8 Å².